The second-order valence-corrected chi connectivity index (χ2v) is 4.25. The minimum Gasteiger partial charge on any atom is -0.329 e. The first-order chi connectivity index (χ1) is 6.16. The Bertz CT molecular complexity index is 482. The molecule has 0 aliphatic carbocycles. The standard InChI is InChI=1S/C7H5BrN2O2S/c8-4-1-2-5-6(3-4)10-7(9-5)13(11)12/h1-3H,(H,9,10)(H,11,12). The van der Waals surface area contributed by atoms with Crippen LogP contribution in [0.5, 0.6) is 0 Å². The molecule has 0 radical (unpaired) electrons. The molecule has 0 aliphatic rings. The van der Waals surface area contributed by atoms with Crippen LogP contribution in [0.4, 0.5) is 0 Å². The van der Waals surface area contributed by atoms with Gasteiger partial charge in [0.05, 0.1) is 11.0 Å². The summed E-state index contributed by atoms with van der Waals surface area (Å²) >= 11 is 1.24. The number of nitrogens with one attached hydrogen (secondary N) is 1. The molecule has 68 valence electrons. The molecule has 1 aromatic carbocycles. The highest BCUT2D eigenvalue weighted by atomic mass is 79.9. The molecular weight excluding hydrogens is 256 g/mol. The molecule has 0 spiro atoms. The molecule has 0 fully saturated rings. The Balaban J connectivity index is 2.68. The molecule has 2 aromatic rings. The smallest absolute Gasteiger partial charge is 0.225 e. The van der Waals surface area contributed by atoms with E-state index in [1.807, 2.05) is 6.07 Å². The number of fused-ring (bicyclic) bond motifs is 1. The van der Waals surface area contributed by atoms with Gasteiger partial charge in [-0.05, 0) is 18.2 Å². The summed E-state index contributed by atoms with van der Waals surface area (Å²) in [5.41, 5.74) is 1.42. The fourth-order valence-electron chi connectivity index (χ4n) is 1.04. The lowest BCUT2D eigenvalue weighted by atomic mass is 10.3. The van der Waals surface area contributed by atoms with Crippen LogP contribution in [0.2, 0.25) is 0 Å². The molecule has 1 heterocycles. The van der Waals surface area contributed by atoms with E-state index in [9.17, 15) is 4.21 Å². The van der Waals surface area contributed by atoms with E-state index in [4.69, 9.17) is 4.55 Å². The van der Waals surface area contributed by atoms with Crippen molar-refractivity contribution in [3.63, 3.8) is 0 Å². The maximum Gasteiger partial charge on any atom is 0.225 e. The molecule has 1 atom stereocenters. The van der Waals surface area contributed by atoms with Crippen molar-refractivity contribution in [3.8, 4) is 0 Å². The van der Waals surface area contributed by atoms with E-state index in [0.29, 0.717) is 5.52 Å². The van der Waals surface area contributed by atoms with Crippen molar-refractivity contribution in [2.75, 3.05) is 0 Å². The van der Waals surface area contributed by atoms with Gasteiger partial charge >= 0.3 is 0 Å². The lowest BCUT2D eigenvalue weighted by molar-refractivity contribution is 0.557. The molecule has 2 rings (SSSR count). The van der Waals surface area contributed by atoms with Gasteiger partial charge in [0.15, 0.2) is 0 Å². The van der Waals surface area contributed by atoms with Crippen LogP contribution in [-0.4, -0.2) is 18.7 Å². The van der Waals surface area contributed by atoms with Gasteiger partial charge in [0.25, 0.3) is 0 Å². The summed E-state index contributed by atoms with van der Waals surface area (Å²) < 4.78 is 20.3. The summed E-state index contributed by atoms with van der Waals surface area (Å²) in [6, 6.07) is 5.40. The molecule has 0 saturated carbocycles. The Morgan fingerprint density at radius 3 is 3.00 bits per heavy atom. The first-order valence-corrected chi connectivity index (χ1v) is 5.33. The minimum absolute atomic E-state index is 0.0769. The van der Waals surface area contributed by atoms with Gasteiger partial charge in [0.1, 0.15) is 0 Å². The van der Waals surface area contributed by atoms with Gasteiger partial charge in [0, 0.05) is 4.47 Å². The van der Waals surface area contributed by atoms with Crippen molar-refractivity contribution in [2.24, 2.45) is 0 Å². The van der Waals surface area contributed by atoms with Crippen LogP contribution in [0.25, 0.3) is 11.0 Å². The van der Waals surface area contributed by atoms with E-state index in [2.05, 4.69) is 25.9 Å². The topological polar surface area (TPSA) is 66.0 Å². The minimum atomic E-state index is -2.05. The van der Waals surface area contributed by atoms with E-state index in [1.165, 1.54) is 0 Å². The van der Waals surface area contributed by atoms with Crippen LogP contribution in [0.15, 0.2) is 27.8 Å². The molecule has 2 N–H and O–H groups in total. The molecule has 0 bridgehead atoms. The zero-order valence-corrected chi connectivity index (χ0v) is 8.72. The number of benzene rings is 1. The van der Waals surface area contributed by atoms with Gasteiger partial charge in [-0.15, -0.1) is 0 Å². The first kappa shape index (κ1) is 8.86. The van der Waals surface area contributed by atoms with Gasteiger partial charge in [-0.25, -0.2) is 9.19 Å². The summed E-state index contributed by atoms with van der Waals surface area (Å²) in [5.74, 6) is 0. The average Bonchev–Trinajstić information content (AvgIpc) is 2.46. The third-order valence-corrected chi connectivity index (χ3v) is 2.61. The Labute approximate surface area is 84.8 Å². The molecule has 0 amide bonds. The number of rotatable bonds is 1. The van der Waals surface area contributed by atoms with E-state index in [-0.39, 0.29) is 5.16 Å². The maximum absolute atomic E-state index is 10.7. The summed E-state index contributed by atoms with van der Waals surface area (Å²) in [7, 11) is 0. The van der Waals surface area contributed by atoms with E-state index >= 15 is 0 Å². The molecule has 1 unspecified atom stereocenters. The van der Waals surface area contributed by atoms with Gasteiger partial charge < -0.3 is 4.98 Å². The second-order valence-electron chi connectivity index (χ2n) is 2.45. The lowest BCUT2D eigenvalue weighted by Crippen LogP contribution is -1.89. The van der Waals surface area contributed by atoms with Crippen molar-refractivity contribution < 1.29 is 8.76 Å². The van der Waals surface area contributed by atoms with E-state index < -0.39 is 11.1 Å². The van der Waals surface area contributed by atoms with Crippen LogP contribution in [0.3, 0.4) is 0 Å². The zero-order valence-electron chi connectivity index (χ0n) is 6.32. The summed E-state index contributed by atoms with van der Waals surface area (Å²) in [4.78, 5) is 6.67. The van der Waals surface area contributed by atoms with Crippen LogP contribution in [0.1, 0.15) is 0 Å². The SMILES string of the molecule is O=S(O)c1nc2ccc(Br)cc2[nH]1. The number of hydrogen-bond acceptors (Lipinski definition) is 2. The molecular formula is C7H5BrN2O2S. The monoisotopic (exact) mass is 260 g/mol. The van der Waals surface area contributed by atoms with Crippen molar-refractivity contribution in [1.82, 2.24) is 9.97 Å². The predicted octanol–water partition coefficient (Wildman–Crippen LogP) is 1.91. The number of H-pyrrole nitrogens is 1. The summed E-state index contributed by atoms with van der Waals surface area (Å²) in [6.07, 6.45) is 0. The molecule has 0 saturated heterocycles. The summed E-state index contributed by atoms with van der Waals surface area (Å²) in [6.45, 7) is 0. The molecule has 13 heavy (non-hydrogen) atoms. The molecule has 6 heteroatoms. The van der Waals surface area contributed by atoms with Crippen molar-refractivity contribution >= 4 is 38.0 Å². The molecule has 0 aliphatic heterocycles. The van der Waals surface area contributed by atoms with Crippen LogP contribution < -0.4 is 0 Å². The Kier molecular flexibility index (Phi) is 2.19. The second kappa shape index (κ2) is 3.21. The average molecular weight is 261 g/mol. The number of aromatic amines is 1. The number of hydrogen-bond donors (Lipinski definition) is 2. The fraction of sp³-hybridized carbons (Fsp3) is 0. The van der Waals surface area contributed by atoms with Gasteiger partial charge in [-0.2, -0.15) is 0 Å². The van der Waals surface area contributed by atoms with Crippen molar-refractivity contribution in [1.29, 1.82) is 0 Å². The zero-order chi connectivity index (χ0) is 9.42. The number of aromatic nitrogens is 2. The first-order valence-electron chi connectivity index (χ1n) is 3.43. The van der Waals surface area contributed by atoms with Gasteiger partial charge in [0.2, 0.25) is 16.2 Å². The molecule has 1 aromatic heterocycles. The Morgan fingerprint density at radius 2 is 2.31 bits per heavy atom. The number of halogens is 1. The normalized spacial score (nSPS) is 13.4. The van der Waals surface area contributed by atoms with Crippen LogP contribution >= 0.6 is 15.9 Å². The highest BCUT2D eigenvalue weighted by Gasteiger charge is 2.06. The number of imidazole rings is 1. The van der Waals surface area contributed by atoms with E-state index in [0.717, 1.165) is 9.99 Å². The van der Waals surface area contributed by atoms with Gasteiger partial charge in [-0.1, -0.05) is 15.9 Å². The third kappa shape index (κ3) is 1.65. The summed E-state index contributed by atoms with van der Waals surface area (Å²) in [5, 5.41) is 0.0769. The fourth-order valence-corrected chi connectivity index (χ4v) is 1.78. The Morgan fingerprint density at radius 1 is 1.54 bits per heavy atom. The lowest BCUT2D eigenvalue weighted by Gasteiger charge is -1.87. The van der Waals surface area contributed by atoms with Crippen LogP contribution in [-0.2, 0) is 11.1 Å². The van der Waals surface area contributed by atoms with Crippen molar-refractivity contribution in [3.05, 3.63) is 22.7 Å². The highest BCUT2D eigenvalue weighted by molar-refractivity contribution is 9.10. The quantitative estimate of drug-likeness (QED) is 0.770. The number of nitrogens with zero attached hydrogens (tertiary/aromatic N) is 1. The maximum atomic E-state index is 10.7. The van der Waals surface area contributed by atoms with Crippen molar-refractivity contribution in [2.45, 2.75) is 5.16 Å². The third-order valence-electron chi connectivity index (χ3n) is 1.59. The largest absolute Gasteiger partial charge is 0.329 e. The highest BCUT2D eigenvalue weighted by Crippen LogP contribution is 2.18. The van der Waals surface area contributed by atoms with Gasteiger partial charge in [-0.3, -0.25) is 4.55 Å². The van der Waals surface area contributed by atoms with E-state index in [1.54, 1.807) is 12.1 Å². The predicted molar refractivity (Wildman–Crippen MR) is 52.8 cm³/mol. The Hall–Kier alpha value is -0.720. The van der Waals surface area contributed by atoms with Crippen LogP contribution in [0, 0.1) is 0 Å². The molecule has 4 nitrogen and oxygen atoms in total.